The Labute approximate surface area is 125 Å². The zero-order valence-corrected chi connectivity index (χ0v) is 12.5. The highest BCUT2D eigenvalue weighted by molar-refractivity contribution is 7.46. The van der Waals surface area contributed by atoms with E-state index in [4.69, 9.17) is 14.5 Å². The second-order valence-corrected chi connectivity index (χ2v) is 6.62. The standard InChI is InChI=1S/C10H17N2O9P/c1-10(16)4-12(9(15)11-8(10)14)7-2-5(13)6(21-7)3-20-22(17,18)19/h5-7,13,16H,2-4H2,1H3,(H,11,14,15)(H2,17,18,19)/t5-,6+,7+,10+/m0/s1. The Morgan fingerprint density at radius 2 is 2.14 bits per heavy atom. The van der Waals surface area contributed by atoms with Crippen molar-refractivity contribution in [3.63, 3.8) is 0 Å². The highest BCUT2D eigenvalue weighted by Gasteiger charge is 2.47. The van der Waals surface area contributed by atoms with Gasteiger partial charge in [-0.05, 0) is 6.92 Å². The van der Waals surface area contributed by atoms with Gasteiger partial charge in [0.15, 0.2) is 5.60 Å². The fraction of sp³-hybridized carbons (Fsp3) is 0.800. The topological polar surface area (TPSA) is 166 Å². The van der Waals surface area contributed by atoms with E-state index in [0.717, 1.165) is 4.90 Å². The van der Waals surface area contributed by atoms with Crippen LogP contribution in [-0.4, -0.2) is 74.0 Å². The molecule has 2 rings (SSSR count). The molecular weight excluding hydrogens is 323 g/mol. The first-order chi connectivity index (χ1) is 9.99. The van der Waals surface area contributed by atoms with Crippen molar-refractivity contribution < 1.29 is 43.4 Å². The summed E-state index contributed by atoms with van der Waals surface area (Å²) in [4.78, 5) is 41.5. The molecule has 0 radical (unpaired) electrons. The minimum Gasteiger partial charge on any atom is -0.390 e. The Morgan fingerprint density at radius 3 is 2.73 bits per heavy atom. The summed E-state index contributed by atoms with van der Waals surface area (Å²) in [6.45, 7) is 0.329. The van der Waals surface area contributed by atoms with Gasteiger partial charge >= 0.3 is 13.9 Å². The molecule has 126 valence electrons. The van der Waals surface area contributed by atoms with Gasteiger partial charge in [0, 0.05) is 6.42 Å². The number of hydrogen-bond acceptors (Lipinski definition) is 7. The molecule has 2 saturated heterocycles. The molecule has 2 aliphatic heterocycles. The van der Waals surface area contributed by atoms with Crippen LogP contribution in [0.25, 0.3) is 0 Å². The number of aliphatic hydroxyl groups is 2. The molecule has 0 aliphatic carbocycles. The average molecular weight is 340 g/mol. The smallest absolute Gasteiger partial charge is 0.390 e. The molecule has 0 unspecified atom stereocenters. The summed E-state index contributed by atoms with van der Waals surface area (Å²) in [6, 6.07) is -0.787. The summed E-state index contributed by atoms with van der Waals surface area (Å²) < 4.78 is 20.2. The second-order valence-electron chi connectivity index (χ2n) is 5.38. The van der Waals surface area contributed by atoms with Gasteiger partial charge in [0.1, 0.15) is 12.3 Å². The van der Waals surface area contributed by atoms with E-state index in [9.17, 15) is 24.4 Å². The number of nitrogens with one attached hydrogen (secondary N) is 1. The lowest BCUT2D eigenvalue weighted by atomic mass is 10.0. The van der Waals surface area contributed by atoms with Crippen LogP contribution in [0.15, 0.2) is 0 Å². The maximum absolute atomic E-state index is 11.8. The quantitative estimate of drug-likeness (QED) is 0.359. The van der Waals surface area contributed by atoms with Gasteiger partial charge in [0.2, 0.25) is 0 Å². The number of imide groups is 1. The van der Waals surface area contributed by atoms with Crippen LogP contribution in [0.3, 0.4) is 0 Å². The molecular formula is C10H17N2O9P. The fourth-order valence-electron chi connectivity index (χ4n) is 2.24. The predicted molar refractivity (Wildman–Crippen MR) is 68.1 cm³/mol. The molecule has 2 fully saturated rings. The molecule has 0 aromatic rings. The summed E-state index contributed by atoms with van der Waals surface area (Å²) in [7, 11) is -4.71. The Kier molecular flexibility index (Phi) is 4.60. The molecule has 11 nitrogen and oxygen atoms in total. The maximum atomic E-state index is 11.8. The highest BCUT2D eigenvalue weighted by atomic mass is 31.2. The van der Waals surface area contributed by atoms with Crippen LogP contribution in [0.4, 0.5) is 4.79 Å². The highest BCUT2D eigenvalue weighted by Crippen LogP contribution is 2.37. The van der Waals surface area contributed by atoms with E-state index >= 15 is 0 Å². The van der Waals surface area contributed by atoms with Crippen LogP contribution in [0.1, 0.15) is 13.3 Å². The van der Waals surface area contributed by atoms with Gasteiger partial charge in [0.25, 0.3) is 5.91 Å². The Bertz CT molecular complexity index is 519. The van der Waals surface area contributed by atoms with Gasteiger partial charge in [-0.25, -0.2) is 9.36 Å². The van der Waals surface area contributed by atoms with Crippen LogP contribution in [-0.2, 0) is 18.6 Å². The van der Waals surface area contributed by atoms with E-state index in [1.807, 2.05) is 5.32 Å². The number of carbonyl (C=O) groups excluding carboxylic acids is 2. The summed E-state index contributed by atoms with van der Waals surface area (Å²) in [5.74, 6) is -0.839. The van der Waals surface area contributed by atoms with Gasteiger partial charge < -0.3 is 24.7 Å². The Balaban J connectivity index is 2.00. The normalized spacial score (nSPS) is 36.6. The van der Waals surface area contributed by atoms with Gasteiger partial charge in [-0.15, -0.1) is 0 Å². The summed E-state index contributed by atoms with van der Waals surface area (Å²) in [5.41, 5.74) is -1.80. The third-order valence-electron chi connectivity index (χ3n) is 3.41. The van der Waals surface area contributed by atoms with Crippen molar-refractivity contribution in [3.8, 4) is 0 Å². The van der Waals surface area contributed by atoms with Crippen molar-refractivity contribution in [2.24, 2.45) is 0 Å². The third-order valence-corrected chi connectivity index (χ3v) is 3.89. The van der Waals surface area contributed by atoms with E-state index < -0.39 is 50.4 Å². The summed E-state index contributed by atoms with van der Waals surface area (Å²) in [6.07, 6.45) is -3.17. The number of rotatable bonds is 4. The molecule has 0 aromatic heterocycles. The first kappa shape index (κ1) is 17.3. The van der Waals surface area contributed by atoms with Crippen molar-refractivity contribution in [1.82, 2.24) is 10.2 Å². The largest absolute Gasteiger partial charge is 0.469 e. The van der Waals surface area contributed by atoms with E-state index in [1.54, 1.807) is 0 Å². The van der Waals surface area contributed by atoms with Crippen molar-refractivity contribution in [2.75, 3.05) is 13.2 Å². The maximum Gasteiger partial charge on any atom is 0.469 e. The van der Waals surface area contributed by atoms with E-state index in [-0.39, 0.29) is 13.0 Å². The van der Waals surface area contributed by atoms with Crippen molar-refractivity contribution in [3.05, 3.63) is 0 Å². The van der Waals surface area contributed by atoms with E-state index in [2.05, 4.69) is 4.52 Å². The summed E-state index contributed by atoms with van der Waals surface area (Å²) in [5, 5.41) is 21.7. The van der Waals surface area contributed by atoms with E-state index in [0.29, 0.717) is 0 Å². The zero-order valence-electron chi connectivity index (χ0n) is 11.6. The molecule has 0 aromatic carbocycles. The Morgan fingerprint density at radius 1 is 1.50 bits per heavy atom. The molecule has 0 spiro atoms. The lowest BCUT2D eigenvalue weighted by Crippen LogP contribution is -2.65. The molecule has 2 aliphatic rings. The number of aliphatic hydroxyl groups excluding tert-OH is 1. The number of β-amino-alcohol motifs (C(OH)–C–C–N with tert-alkyl or cyclic N) is 1. The molecule has 12 heteroatoms. The van der Waals surface area contributed by atoms with Crippen molar-refractivity contribution >= 4 is 19.8 Å². The average Bonchev–Trinajstić information content (AvgIpc) is 2.72. The number of amides is 3. The number of hydrogen-bond donors (Lipinski definition) is 5. The molecule has 0 saturated carbocycles. The van der Waals surface area contributed by atoms with Crippen molar-refractivity contribution in [2.45, 2.75) is 37.4 Å². The van der Waals surface area contributed by atoms with Gasteiger partial charge in [-0.3, -0.25) is 19.5 Å². The molecule has 0 bridgehead atoms. The number of ether oxygens (including phenoxy) is 1. The van der Waals surface area contributed by atoms with Gasteiger partial charge in [0.05, 0.1) is 19.3 Å². The molecule has 2 heterocycles. The summed E-state index contributed by atoms with van der Waals surface area (Å²) >= 11 is 0. The van der Waals surface area contributed by atoms with Gasteiger partial charge in [-0.1, -0.05) is 0 Å². The SMILES string of the molecule is C[C@@]1(O)CN([C@H]2C[C@H](O)[C@@H](COP(=O)(O)O)O2)C(=O)NC1=O. The first-order valence-corrected chi connectivity index (χ1v) is 7.91. The van der Waals surface area contributed by atoms with Crippen molar-refractivity contribution in [1.29, 1.82) is 0 Å². The number of carbonyl (C=O) groups is 2. The van der Waals surface area contributed by atoms with Crippen LogP contribution in [0.2, 0.25) is 0 Å². The number of phosphoric acid groups is 1. The zero-order chi connectivity index (χ0) is 16.7. The lowest BCUT2D eigenvalue weighted by molar-refractivity contribution is -0.147. The number of urea groups is 1. The van der Waals surface area contributed by atoms with Gasteiger partial charge in [-0.2, -0.15) is 0 Å². The monoisotopic (exact) mass is 340 g/mol. The molecule has 3 amide bonds. The van der Waals surface area contributed by atoms with Crippen LogP contribution in [0.5, 0.6) is 0 Å². The number of nitrogens with zero attached hydrogens (tertiary/aromatic N) is 1. The van der Waals surface area contributed by atoms with Crippen LogP contribution >= 0.6 is 7.82 Å². The molecule has 5 N–H and O–H groups in total. The minimum atomic E-state index is -4.71. The third kappa shape index (κ3) is 3.82. The molecule has 4 atom stereocenters. The van der Waals surface area contributed by atoms with E-state index in [1.165, 1.54) is 6.92 Å². The van der Waals surface area contributed by atoms with Crippen LogP contribution in [0, 0.1) is 0 Å². The Hall–Kier alpha value is -1.07. The fourth-order valence-corrected chi connectivity index (χ4v) is 2.58. The first-order valence-electron chi connectivity index (χ1n) is 6.37. The number of phosphoric ester groups is 1. The minimum absolute atomic E-state index is 0.0487. The molecule has 22 heavy (non-hydrogen) atoms. The predicted octanol–water partition coefficient (Wildman–Crippen LogP) is -2.13. The van der Waals surface area contributed by atoms with Crippen LogP contribution < -0.4 is 5.32 Å². The second kappa shape index (κ2) is 5.85. The lowest BCUT2D eigenvalue weighted by Gasteiger charge is -2.38.